The van der Waals surface area contributed by atoms with Gasteiger partial charge in [0.2, 0.25) is 8.32 Å². The summed E-state index contributed by atoms with van der Waals surface area (Å²) in [5.74, 6) is 1.29. The van der Waals surface area contributed by atoms with Crippen LogP contribution in [0.4, 0.5) is 0 Å². The van der Waals surface area contributed by atoms with E-state index in [-0.39, 0.29) is 0 Å². The average Bonchev–Trinajstić information content (AvgIpc) is 2.13. The average molecular weight is 226 g/mol. The maximum atomic E-state index is 6.11. The van der Waals surface area contributed by atoms with Gasteiger partial charge in [0.15, 0.2) is 0 Å². The lowest BCUT2D eigenvalue weighted by Gasteiger charge is -2.22. The van der Waals surface area contributed by atoms with E-state index in [0.717, 1.165) is 0 Å². The minimum absolute atomic E-state index is 1.17. The van der Waals surface area contributed by atoms with Gasteiger partial charge in [-0.2, -0.15) is 0 Å². The zero-order valence-electron chi connectivity index (χ0n) is 10.6. The second-order valence-corrected chi connectivity index (χ2v) is 9.97. The second kappa shape index (κ2) is 6.36. The minimum atomic E-state index is -1.38. The lowest BCUT2D eigenvalue weighted by molar-refractivity contribution is 0.385. The Morgan fingerprint density at radius 3 is 2.20 bits per heavy atom. The van der Waals surface area contributed by atoms with Gasteiger partial charge in [0.05, 0.1) is 5.76 Å². The first-order chi connectivity index (χ1) is 7.08. The summed E-state index contributed by atoms with van der Waals surface area (Å²) in [4.78, 5) is 0. The van der Waals surface area contributed by atoms with Gasteiger partial charge < -0.3 is 4.43 Å². The van der Waals surface area contributed by atoms with E-state index in [1.165, 1.54) is 57.1 Å². The van der Waals surface area contributed by atoms with Crippen LogP contribution in [0.25, 0.3) is 0 Å². The Morgan fingerprint density at radius 2 is 1.53 bits per heavy atom. The van der Waals surface area contributed by atoms with Gasteiger partial charge in [0.25, 0.3) is 0 Å². The Kier molecular flexibility index (Phi) is 5.44. The third-order valence-electron chi connectivity index (χ3n) is 2.69. The molecule has 1 rings (SSSR count). The van der Waals surface area contributed by atoms with Crippen LogP contribution in [-0.2, 0) is 4.43 Å². The van der Waals surface area contributed by atoms with Crippen LogP contribution in [0.3, 0.4) is 0 Å². The molecule has 2 heteroatoms. The summed E-state index contributed by atoms with van der Waals surface area (Å²) in [6, 6.07) is 0. The summed E-state index contributed by atoms with van der Waals surface area (Å²) in [6.45, 7) is 6.81. The van der Waals surface area contributed by atoms with Crippen LogP contribution in [0.15, 0.2) is 11.8 Å². The molecule has 0 heterocycles. The molecule has 88 valence electrons. The molecule has 0 aromatic rings. The highest BCUT2D eigenvalue weighted by Crippen LogP contribution is 2.20. The summed E-state index contributed by atoms with van der Waals surface area (Å²) in [6.07, 6.45) is 13.0. The molecule has 0 N–H and O–H groups in total. The first kappa shape index (κ1) is 12.8. The van der Waals surface area contributed by atoms with Gasteiger partial charge in [-0.15, -0.1) is 0 Å². The van der Waals surface area contributed by atoms with E-state index in [2.05, 4.69) is 25.7 Å². The fourth-order valence-electron chi connectivity index (χ4n) is 2.00. The van der Waals surface area contributed by atoms with E-state index < -0.39 is 8.32 Å². The van der Waals surface area contributed by atoms with E-state index in [1.807, 2.05) is 0 Å². The minimum Gasteiger partial charge on any atom is -0.548 e. The molecule has 0 atom stereocenters. The van der Waals surface area contributed by atoms with Gasteiger partial charge in [-0.1, -0.05) is 25.7 Å². The van der Waals surface area contributed by atoms with Crippen molar-refractivity contribution >= 4 is 8.32 Å². The Bertz CT molecular complexity index is 203. The van der Waals surface area contributed by atoms with Crippen molar-refractivity contribution in [2.75, 3.05) is 0 Å². The van der Waals surface area contributed by atoms with Crippen molar-refractivity contribution in [2.24, 2.45) is 0 Å². The lowest BCUT2D eigenvalue weighted by atomic mass is 10.0. The monoisotopic (exact) mass is 226 g/mol. The SMILES string of the molecule is C[Si](C)(C)OC1=CCCCCCCCC1. The van der Waals surface area contributed by atoms with Crippen molar-refractivity contribution in [2.45, 2.75) is 71.0 Å². The van der Waals surface area contributed by atoms with Gasteiger partial charge in [-0.25, -0.2) is 0 Å². The predicted octanol–water partition coefficient (Wildman–Crippen LogP) is 4.86. The smallest absolute Gasteiger partial charge is 0.241 e. The van der Waals surface area contributed by atoms with Crippen molar-refractivity contribution in [3.8, 4) is 0 Å². The van der Waals surface area contributed by atoms with Crippen molar-refractivity contribution in [3.63, 3.8) is 0 Å². The predicted molar refractivity (Wildman–Crippen MR) is 69.5 cm³/mol. The Labute approximate surface area is 96.0 Å². The molecule has 0 fully saturated rings. The molecule has 15 heavy (non-hydrogen) atoms. The summed E-state index contributed by atoms with van der Waals surface area (Å²) >= 11 is 0. The first-order valence-electron chi connectivity index (χ1n) is 6.46. The number of rotatable bonds is 2. The van der Waals surface area contributed by atoms with E-state index in [4.69, 9.17) is 4.43 Å². The maximum absolute atomic E-state index is 6.11. The third kappa shape index (κ3) is 6.77. The topological polar surface area (TPSA) is 9.23 Å². The third-order valence-corrected chi connectivity index (χ3v) is 3.56. The van der Waals surface area contributed by atoms with Gasteiger partial charge in [-0.3, -0.25) is 0 Å². The number of hydrogen-bond acceptors (Lipinski definition) is 1. The van der Waals surface area contributed by atoms with E-state index in [1.54, 1.807) is 0 Å². The Balaban J connectivity index is 2.46. The van der Waals surface area contributed by atoms with Crippen molar-refractivity contribution < 1.29 is 4.43 Å². The summed E-state index contributed by atoms with van der Waals surface area (Å²) in [7, 11) is -1.38. The van der Waals surface area contributed by atoms with Crippen LogP contribution in [-0.4, -0.2) is 8.32 Å². The molecular formula is C13H26OSi. The molecule has 0 saturated heterocycles. The molecule has 0 radical (unpaired) electrons. The molecule has 0 saturated carbocycles. The van der Waals surface area contributed by atoms with Crippen LogP contribution < -0.4 is 0 Å². The molecule has 1 aliphatic carbocycles. The normalized spacial score (nSPS) is 20.6. The van der Waals surface area contributed by atoms with Crippen LogP contribution in [0.2, 0.25) is 19.6 Å². The van der Waals surface area contributed by atoms with Gasteiger partial charge in [0, 0.05) is 6.42 Å². The van der Waals surface area contributed by atoms with Crippen molar-refractivity contribution in [1.29, 1.82) is 0 Å². The molecule has 0 aliphatic heterocycles. The van der Waals surface area contributed by atoms with Crippen LogP contribution in [0.5, 0.6) is 0 Å². The fourth-order valence-corrected chi connectivity index (χ4v) is 2.97. The molecule has 1 aliphatic rings. The van der Waals surface area contributed by atoms with Gasteiger partial charge >= 0.3 is 0 Å². The molecule has 0 amide bonds. The van der Waals surface area contributed by atoms with E-state index in [9.17, 15) is 0 Å². The van der Waals surface area contributed by atoms with Gasteiger partial charge in [-0.05, 0) is 45.0 Å². The highest BCUT2D eigenvalue weighted by atomic mass is 28.4. The Hall–Kier alpha value is -0.243. The van der Waals surface area contributed by atoms with Crippen molar-refractivity contribution in [3.05, 3.63) is 11.8 Å². The highest BCUT2D eigenvalue weighted by Gasteiger charge is 2.17. The van der Waals surface area contributed by atoms with Crippen LogP contribution in [0.1, 0.15) is 51.4 Å². The molecule has 0 unspecified atom stereocenters. The zero-order chi connectivity index (χ0) is 11.1. The molecule has 1 nitrogen and oxygen atoms in total. The number of allylic oxidation sites excluding steroid dienone is 2. The first-order valence-corrected chi connectivity index (χ1v) is 9.87. The summed E-state index contributed by atoms with van der Waals surface area (Å²) < 4.78 is 6.11. The summed E-state index contributed by atoms with van der Waals surface area (Å²) in [5.41, 5.74) is 0. The maximum Gasteiger partial charge on any atom is 0.241 e. The Morgan fingerprint density at radius 1 is 0.933 bits per heavy atom. The molecular weight excluding hydrogens is 200 g/mol. The van der Waals surface area contributed by atoms with Crippen LogP contribution >= 0.6 is 0 Å². The largest absolute Gasteiger partial charge is 0.548 e. The zero-order valence-corrected chi connectivity index (χ0v) is 11.6. The second-order valence-electron chi connectivity index (χ2n) is 5.54. The van der Waals surface area contributed by atoms with Crippen molar-refractivity contribution in [1.82, 2.24) is 0 Å². The molecule has 0 bridgehead atoms. The molecule has 0 aromatic carbocycles. The molecule has 0 aromatic heterocycles. The fraction of sp³-hybridized carbons (Fsp3) is 0.846. The highest BCUT2D eigenvalue weighted by molar-refractivity contribution is 6.70. The van der Waals surface area contributed by atoms with E-state index in [0.29, 0.717) is 0 Å². The quantitative estimate of drug-likeness (QED) is 0.611. The summed E-state index contributed by atoms with van der Waals surface area (Å²) in [5, 5.41) is 0. The van der Waals surface area contributed by atoms with Crippen LogP contribution in [0, 0.1) is 0 Å². The van der Waals surface area contributed by atoms with Gasteiger partial charge in [0.1, 0.15) is 0 Å². The molecule has 0 spiro atoms. The number of hydrogen-bond donors (Lipinski definition) is 0. The van der Waals surface area contributed by atoms with E-state index >= 15 is 0 Å². The standard InChI is InChI=1S/C13H26OSi/c1-15(2,3)14-13-11-9-7-5-4-6-8-10-12-13/h11H,4-10,12H2,1-3H3. The lowest BCUT2D eigenvalue weighted by Crippen LogP contribution is -2.24.